The van der Waals surface area contributed by atoms with E-state index in [1.165, 1.54) is 0 Å². The van der Waals surface area contributed by atoms with Gasteiger partial charge in [0.1, 0.15) is 6.04 Å². The molecule has 3 aliphatic rings. The van der Waals surface area contributed by atoms with Gasteiger partial charge in [-0.15, -0.1) is 0 Å². The zero-order valence-corrected chi connectivity index (χ0v) is 15.3. The van der Waals surface area contributed by atoms with Crippen LogP contribution in [-0.2, 0) is 25.6 Å². The molecule has 7 heteroatoms. The molecule has 1 aliphatic heterocycles. The Morgan fingerprint density at radius 1 is 1.07 bits per heavy atom. The van der Waals surface area contributed by atoms with Crippen LogP contribution >= 0.6 is 0 Å². The molecule has 2 aliphatic carbocycles. The van der Waals surface area contributed by atoms with Gasteiger partial charge in [0.15, 0.2) is 0 Å². The van der Waals surface area contributed by atoms with Crippen LogP contribution in [0.5, 0.6) is 0 Å². The molecule has 0 spiro atoms. The number of amides is 3. The van der Waals surface area contributed by atoms with E-state index in [4.69, 9.17) is 5.11 Å². The topological polar surface area (TPSA) is 104 Å². The highest BCUT2D eigenvalue weighted by molar-refractivity contribution is 6.09. The van der Waals surface area contributed by atoms with E-state index in [0.29, 0.717) is 0 Å². The summed E-state index contributed by atoms with van der Waals surface area (Å²) in [5.41, 5.74) is 0.833. The SMILES string of the molecule is O=C(O)CCNC(=O)C(Cc1ccccc1)N1C(=O)C2C3C=CC(C3)C2C1=O. The summed E-state index contributed by atoms with van der Waals surface area (Å²) in [6.07, 6.45) is 4.85. The number of likely N-dealkylation sites (tertiary alicyclic amines) is 1. The molecular formula is C21H22N2O5. The fourth-order valence-corrected chi connectivity index (χ4v) is 4.78. The van der Waals surface area contributed by atoms with E-state index in [2.05, 4.69) is 5.32 Å². The summed E-state index contributed by atoms with van der Waals surface area (Å²) >= 11 is 0. The van der Waals surface area contributed by atoms with E-state index >= 15 is 0 Å². The van der Waals surface area contributed by atoms with Crippen molar-refractivity contribution in [1.29, 1.82) is 0 Å². The number of nitrogens with one attached hydrogen (secondary N) is 1. The molecule has 2 fully saturated rings. The Labute approximate surface area is 162 Å². The molecule has 1 saturated heterocycles. The molecule has 146 valence electrons. The predicted octanol–water partition coefficient (Wildman–Crippen LogP) is 0.996. The smallest absolute Gasteiger partial charge is 0.305 e. The van der Waals surface area contributed by atoms with Gasteiger partial charge < -0.3 is 10.4 Å². The van der Waals surface area contributed by atoms with Crippen LogP contribution in [0.2, 0.25) is 0 Å². The standard InChI is InChI=1S/C21H22N2O5/c24-16(25)8-9-22-19(26)15(10-12-4-2-1-3-5-12)23-20(27)17-13-6-7-14(11-13)18(17)21(23)28/h1-7,13-15,17-18H,8-11H2,(H,22,26)(H,24,25). The lowest BCUT2D eigenvalue weighted by Crippen LogP contribution is -2.52. The summed E-state index contributed by atoms with van der Waals surface area (Å²) in [7, 11) is 0. The number of nitrogens with zero attached hydrogens (tertiary/aromatic N) is 1. The Morgan fingerprint density at radius 3 is 2.25 bits per heavy atom. The van der Waals surface area contributed by atoms with Gasteiger partial charge in [-0.3, -0.25) is 24.1 Å². The van der Waals surface area contributed by atoms with Gasteiger partial charge in [-0.25, -0.2) is 0 Å². The molecule has 28 heavy (non-hydrogen) atoms. The average Bonchev–Trinajstić information content (AvgIpc) is 3.35. The third kappa shape index (κ3) is 3.10. The van der Waals surface area contributed by atoms with E-state index in [1.807, 2.05) is 42.5 Å². The number of benzene rings is 1. The Kier molecular flexibility index (Phi) is 4.75. The quantitative estimate of drug-likeness (QED) is 0.541. The third-order valence-electron chi connectivity index (χ3n) is 6.03. The number of imide groups is 1. The van der Waals surface area contributed by atoms with Crippen molar-refractivity contribution in [3.63, 3.8) is 0 Å². The molecule has 1 saturated carbocycles. The number of carboxylic acid groups (broad SMARTS) is 1. The number of rotatable bonds is 7. The van der Waals surface area contributed by atoms with Crippen LogP contribution in [0.3, 0.4) is 0 Å². The van der Waals surface area contributed by atoms with Crippen molar-refractivity contribution in [2.75, 3.05) is 6.54 Å². The second-order valence-electron chi connectivity index (χ2n) is 7.69. The van der Waals surface area contributed by atoms with Crippen LogP contribution in [-0.4, -0.2) is 46.3 Å². The molecular weight excluding hydrogens is 360 g/mol. The number of hydrogen-bond donors (Lipinski definition) is 2. The zero-order chi connectivity index (χ0) is 19.8. The van der Waals surface area contributed by atoms with Gasteiger partial charge in [-0.1, -0.05) is 42.5 Å². The first kappa shape index (κ1) is 18.4. The van der Waals surface area contributed by atoms with Crippen molar-refractivity contribution in [3.8, 4) is 0 Å². The highest BCUT2D eigenvalue weighted by Gasteiger charge is 2.61. The number of carbonyl (C=O) groups excluding carboxylic acids is 3. The minimum absolute atomic E-state index is 0.0463. The molecule has 1 aromatic carbocycles. The predicted molar refractivity (Wildman–Crippen MR) is 98.8 cm³/mol. The number of hydrogen-bond acceptors (Lipinski definition) is 4. The highest BCUT2D eigenvalue weighted by atomic mass is 16.4. The summed E-state index contributed by atoms with van der Waals surface area (Å²) in [6.45, 7) is -0.0463. The first-order chi connectivity index (χ1) is 13.5. The summed E-state index contributed by atoms with van der Waals surface area (Å²) in [6, 6.07) is 8.23. The first-order valence-electron chi connectivity index (χ1n) is 9.56. The summed E-state index contributed by atoms with van der Waals surface area (Å²) in [4.78, 5) is 50.9. The highest BCUT2D eigenvalue weighted by Crippen LogP contribution is 2.52. The van der Waals surface area contributed by atoms with Crippen LogP contribution < -0.4 is 5.32 Å². The number of carbonyl (C=O) groups is 4. The fraction of sp³-hybridized carbons (Fsp3) is 0.429. The summed E-state index contributed by atoms with van der Waals surface area (Å²) < 4.78 is 0. The Bertz CT molecular complexity index is 820. The van der Waals surface area contributed by atoms with Crippen LogP contribution in [0.1, 0.15) is 18.4 Å². The molecule has 3 amide bonds. The van der Waals surface area contributed by atoms with Gasteiger partial charge in [0.2, 0.25) is 17.7 Å². The monoisotopic (exact) mass is 382 g/mol. The molecule has 1 heterocycles. The number of aliphatic carboxylic acids is 1. The Morgan fingerprint density at radius 2 is 1.68 bits per heavy atom. The van der Waals surface area contributed by atoms with Crippen molar-refractivity contribution in [2.45, 2.75) is 25.3 Å². The van der Waals surface area contributed by atoms with Gasteiger partial charge in [0.25, 0.3) is 0 Å². The van der Waals surface area contributed by atoms with Crippen molar-refractivity contribution >= 4 is 23.7 Å². The van der Waals surface area contributed by atoms with Crippen LogP contribution in [0.15, 0.2) is 42.5 Å². The first-order valence-corrected chi connectivity index (χ1v) is 9.56. The van der Waals surface area contributed by atoms with E-state index in [0.717, 1.165) is 16.9 Å². The minimum atomic E-state index is -1.02. The van der Waals surface area contributed by atoms with E-state index < -0.39 is 17.9 Å². The Balaban J connectivity index is 1.58. The van der Waals surface area contributed by atoms with Crippen molar-refractivity contribution in [2.24, 2.45) is 23.7 Å². The normalized spacial score (nSPS) is 28.5. The average molecular weight is 382 g/mol. The van der Waals surface area contributed by atoms with Crippen LogP contribution in [0, 0.1) is 23.7 Å². The maximum Gasteiger partial charge on any atom is 0.305 e. The van der Waals surface area contributed by atoms with Crippen molar-refractivity contribution < 1.29 is 24.3 Å². The maximum atomic E-state index is 13.1. The second-order valence-corrected chi connectivity index (χ2v) is 7.69. The van der Waals surface area contributed by atoms with Gasteiger partial charge in [-0.2, -0.15) is 0 Å². The molecule has 5 atom stereocenters. The molecule has 0 aromatic heterocycles. The molecule has 1 aromatic rings. The van der Waals surface area contributed by atoms with E-state index in [-0.39, 0.29) is 54.9 Å². The van der Waals surface area contributed by atoms with Crippen LogP contribution in [0.25, 0.3) is 0 Å². The molecule has 7 nitrogen and oxygen atoms in total. The number of fused-ring (bicyclic) bond motifs is 5. The molecule has 0 radical (unpaired) electrons. The molecule has 2 N–H and O–H groups in total. The van der Waals surface area contributed by atoms with Gasteiger partial charge >= 0.3 is 5.97 Å². The molecule has 2 bridgehead atoms. The molecule has 4 rings (SSSR count). The van der Waals surface area contributed by atoms with E-state index in [1.54, 1.807) is 0 Å². The van der Waals surface area contributed by atoms with Crippen molar-refractivity contribution in [3.05, 3.63) is 48.0 Å². The maximum absolute atomic E-state index is 13.1. The van der Waals surface area contributed by atoms with Crippen molar-refractivity contribution in [1.82, 2.24) is 10.2 Å². The molecule has 5 unspecified atom stereocenters. The lowest BCUT2D eigenvalue weighted by Gasteiger charge is -2.27. The zero-order valence-electron chi connectivity index (χ0n) is 15.3. The number of carboxylic acids is 1. The Hall–Kier alpha value is -2.96. The van der Waals surface area contributed by atoms with Crippen LogP contribution in [0.4, 0.5) is 0 Å². The second kappa shape index (κ2) is 7.22. The lowest BCUT2D eigenvalue weighted by molar-refractivity contribution is -0.149. The van der Waals surface area contributed by atoms with Gasteiger partial charge in [-0.05, 0) is 23.8 Å². The fourth-order valence-electron chi connectivity index (χ4n) is 4.78. The summed E-state index contributed by atoms with van der Waals surface area (Å²) in [5.74, 6) is -2.66. The summed E-state index contributed by atoms with van der Waals surface area (Å²) in [5, 5.41) is 11.4. The third-order valence-corrected chi connectivity index (χ3v) is 6.03. The number of allylic oxidation sites excluding steroid dienone is 2. The van der Waals surface area contributed by atoms with Gasteiger partial charge in [0.05, 0.1) is 18.3 Å². The van der Waals surface area contributed by atoms with Gasteiger partial charge in [0, 0.05) is 13.0 Å². The largest absolute Gasteiger partial charge is 0.481 e. The van der Waals surface area contributed by atoms with E-state index in [9.17, 15) is 19.2 Å². The minimum Gasteiger partial charge on any atom is -0.481 e. The lowest BCUT2D eigenvalue weighted by atomic mass is 9.85.